The van der Waals surface area contributed by atoms with Crippen molar-refractivity contribution in [2.45, 2.75) is 0 Å². The van der Waals surface area contributed by atoms with Crippen LogP contribution in [0, 0.1) is 0 Å². The normalized spacial score (nSPS) is 9.94. The monoisotopic (exact) mass is 254 g/mol. The average Bonchev–Trinajstić information content (AvgIpc) is 2.34. The quantitative estimate of drug-likeness (QED) is 0.581. The van der Waals surface area contributed by atoms with Gasteiger partial charge in [0, 0.05) is 16.9 Å². The molecule has 0 unspecified atom stereocenters. The third-order valence-electron chi connectivity index (χ3n) is 1.99. The molecule has 0 saturated heterocycles. The molecule has 0 saturated carbocycles. The molecule has 1 aromatic carbocycles. The molecule has 17 heavy (non-hydrogen) atoms. The van der Waals surface area contributed by atoms with Crippen molar-refractivity contribution in [2.24, 2.45) is 5.73 Å². The van der Waals surface area contributed by atoms with E-state index in [0.29, 0.717) is 17.7 Å². The molecule has 6 heteroatoms. The fraction of sp³-hybridized carbons (Fsp3) is 0.273. The van der Waals surface area contributed by atoms with Gasteiger partial charge in [0.05, 0.1) is 6.61 Å². The summed E-state index contributed by atoms with van der Waals surface area (Å²) in [5.74, 6) is -0.0590. The minimum atomic E-state index is -0.520. The van der Waals surface area contributed by atoms with Crippen molar-refractivity contribution in [1.82, 2.24) is 5.48 Å². The lowest BCUT2D eigenvalue weighted by Crippen LogP contribution is -2.24. The maximum absolute atomic E-state index is 11.5. The molecule has 0 aliphatic rings. The summed E-state index contributed by atoms with van der Waals surface area (Å²) in [5, 5.41) is 0. The van der Waals surface area contributed by atoms with Gasteiger partial charge in [-0.15, -0.1) is 0 Å². The fourth-order valence-electron chi connectivity index (χ4n) is 1.09. The summed E-state index contributed by atoms with van der Waals surface area (Å²) in [6, 6.07) is 6.04. The molecule has 0 fully saturated rings. The van der Waals surface area contributed by atoms with Crippen LogP contribution in [0.5, 0.6) is 0 Å². The highest BCUT2D eigenvalue weighted by molar-refractivity contribution is 7.98. The van der Waals surface area contributed by atoms with Gasteiger partial charge >= 0.3 is 0 Å². The van der Waals surface area contributed by atoms with Crippen LogP contribution in [-0.2, 0) is 4.84 Å². The van der Waals surface area contributed by atoms with Gasteiger partial charge in [-0.2, -0.15) is 11.8 Å². The second-order valence-electron chi connectivity index (χ2n) is 3.21. The van der Waals surface area contributed by atoms with Crippen LogP contribution >= 0.6 is 11.8 Å². The number of nitrogens with two attached hydrogens (primary N) is 1. The van der Waals surface area contributed by atoms with E-state index < -0.39 is 5.91 Å². The van der Waals surface area contributed by atoms with Crippen molar-refractivity contribution < 1.29 is 14.4 Å². The zero-order valence-electron chi connectivity index (χ0n) is 9.43. The van der Waals surface area contributed by atoms with Crippen LogP contribution in [0.25, 0.3) is 0 Å². The molecule has 0 bridgehead atoms. The van der Waals surface area contributed by atoms with E-state index in [0.717, 1.165) is 5.75 Å². The van der Waals surface area contributed by atoms with E-state index in [1.54, 1.807) is 11.8 Å². The predicted octanol–water partition coefficient (Wildman–Crippen LogP) is 0.810. The molecule has 0 atom stereocenters. The molecular weight excluding hydrogens is 240 g/mol. The molecule has 0 radical (unpaired) electrons. The van der Waals surface area contributed by atoms with Gasteiger partial charge < -0.3 is 5.73 Å². The molecule has 0 aromatic heterocycles. The first-order chi connectivity index (χ1) is 8.15. The Kier molecular flexibility index (Phi) is 5.51. The van der Waals surface area contributed by atoms with Gasteiger partial charge in [-0.1, -0.05) is 0 Å². The first kappa shape index (κ1) is 13.5. The van der Waals surface area contributed by atoms with Crippen molar-refractivity contribution in [1.29, 1.82) is 0 Å². The lowest BCUT2D eigenvalue weighted by Gasteiger charge is -2.05. The number of hydroxylamine groups is 1. The summed E-state index contributed by atoms with van der Waals surface area (Å²) >= 11 is 1.63. The van der Waals surface area contributed by atoms with Crippen LogP contribution in [-0.4, -0.2) is 30.4 Å². The summed E-state index contributed by atoms with van der Waals surface area (Å²) in [6.07, 6.45) is 1.95. The van der Waals surface area contributed by atoms with E-state index in [-0.39, 0.29) is 5.91 Å². The predicted molar refractivity (Wildman–Crippen MR) is 66.8 cm³/mol. The molecule has 3 N–H and O–H groups in total. The van der Waals surface area contributed by atoms with E-state index in [1.807, 2.05) is 6.26 Å². The molecule has 2 amide bonds. The van der Waals surface area contributed by atoms with Crippen molar-refractivity contribution in [2.75, 3.05) is 18.6 Å². The Labute approximate surface area is 104 Å². The third kappa shape index (κ3) is 4.46. The Morgan fingerprint density at radius 1 is 1.29 bits per heavy atom. The maximum atomic E-state index is 11.5. The number of benzene rings is 1. The summed E-state index contributed by atoms with van der Waals surface area (Å²) < 4.78 is 0. The number of rotatable bonds is 6. The summed E-state index contributed by atoms with van der Waals surface area (Å²) in [5.41, 5.74) is 8.18. The average molecular weight is 254 g/mol. The Balaban J connectivity index is 2.49. The third-order valence-corrected chi connectivity index (χ3v) is 2.56. The highest BCUT2D eigenvalue weighted by atomic mass is 32.2. The first-order valence-corrected chi connectivity index (χ1v) is 6.35. The number of carbonyl (C=O) groups is 2. The molecule has 1 aromatic rings. The van der Waals surface area contributed by atoms with Crippen molar-refractivity contribution in [3.63, 3.8) is 0 Å². The van der Waals surface area contributed by atoms with Crippen LogP contribution in [0.15, 0.2) is 24.3 Å². The molecule has 0 heterocycles. The Bertz CT molecular complexity index is 392. The first-order valence-electron chi connectivity index (χ1n) is 4.96. The van der Waals surface area contributed by atoms with Gasteiger partial charge in [0.15, 0.2) is 0 Å². The fourth-order valence-corrected chi connectivity index (χ4v) is 1.34. The van der Waals surface area contributed by atoms with Crippen LogP contribution < -0.4 is 11.2 Å². The van der Waals surface area contributed by atoms with E-state index in [9.17, 15) is 9.59 Å². The summed E-state index contributed by atoms with van der Waals surface area (Å²) in [7, 11) is 0. The Hall–Kier alpha value is -1.53. The zero-order valence-corrected chi connectivity index (χ0v) is 10.3. The van der Waals surface area contributed by atoms with Gasteiger partial charge in [-0.05, 0) is 30.5 Å². The largest absolute Gasteiger partial charge is 0.366 e. The smallest absolute Gasteiger partial charge is 0.274 e. The number of nitrogens with one attached hydrogen (secondary N) is 1. The van der Waals surface area contributed by atoms with Crippen molar-refractivity contribution >= 4 is 23.6 Å². The lowest BCUT2D eigenvalue weighted by molar-refractivity contribution is 0.0374. The second-order valence-corrected chi connectivity index (χ2v) is 4.20. The number of amides is 2. The van der Waals surface area contributed by atoms with Crippen LogP contribution in [0.2, 0.25) is 0 Å². The second kappa shape index (κ2) is 6.93. The minimum Gasteiger partial charge on any atom is -0.366 e. The molecular formula is C11H14N2O3S. The molecule has 1 rings (SSSR count). The van der Waals surface area contributed by atoms with Crippen LogP contribution in [0.3, 0.4) is 0 Å². The number of hydrogen-bond acceptors (Lipinski definition) is 4. The standard InChI is InChI=1S/C11H14N2O3S/c1-17-7-6-16-13-11(15)9-4-2-8(3-5-9)10(12)14/h2-5H,6-7H2,1H3,(H2,12,14)(H,13,15). The van der Waals surface area contributed by atoms with Gasteiger partial charge in [-0.25, -0.2) is 5.48 Å². The SMILES string of the molecule is CSCCONC(=O)c1ccc(C(N)=O)cc1. The van der Waals surface area contributed by atoms with E-state index in [1.165, 1.54) is 24.3 Å². The topological polar surface area (TPSA) is 81.4 Å². The highest BCUT2D eigenvalue weighted by Crippen LogP contribution is 2.03. The molecule has 5 nitrogen and oxygen atoms in total. The minimum absolute atomic E-state index is 0.345. The van der Waals surface area contributed by atoms with Crippen LogP contribution in [0.4, 0.5) is 0 Å². The number of primary amides is 1. The van der Waals surface area contributed by atoms with Crippen molar-refractivity contribution in [3.8, 4) is 0 Å². The van der Waals surface area contributed by atoms with Gasteiger partial charge in [0.2, 0.25) is 5.91 Å². The number of carbonyl (C=O) groups excluding carboxylic acids is 2. The van der Waals surface area contributed by atoms with Crippen molar-refractivity contribution in [3.05, 3.63) is 35.4 Å². The maximum Gasteiger partial charge on any atom is 0.274 e. The molecule has 0 aliphatic carbocycles. The van der Waals surface area contributed by atoms with Crippen LogP contribution in [0.1, 0.15) is 20.7 Å². The highest BCUT2D eigenvalue weighted by Gasteiger charge is 2.06. The molecule has 0 aliphatic heterocycles. The summed E-state index contributed by atoms with van der Waals surface area (Å²) in [6.45, 7) is 0.451. The Morgan fingerprint density at radius 3 is 2.41 bits per heavy atom. The number of thioether (sulfide) groups is 1. The molecule has 0 spiro atoms. The van der Waals surface area contributed by atoms with Gasteiger partial charge in [-0.3, -0.25) is 14.4 Å². The number of hydrogen-bond donors (Lipinski definition) is 2. The van der Waals surface area contributed by atoms with Gasteiger partial charge in [0.25, 0.3) is 5.91 Å². The van der Waals surface area contributed by atoms with E-state index in [4.69, 9.17) is 10.6 Å². The Morgan fingerprint density at radius 2 is 1.88 bits per heavy atom. The van der Waals surface area contributed by atoms with E-state index >= 15 is 0 Å². The zero-order chi connectivity index (χ0) is 12.7. The lowest BCUT2D eigenvalue weighted by atomic mass is 10.1. The van der Waals surface area contributed by atoms with E-state index in [2.05, 4.69) is 5.48 Å². The molecule has 92 valence electrons. The van der Waals surface area contributed by atoms with Gasteiger partial charge in [0.1, 0.15) is 0 Å². The summed E-state index contributed by atoms with van der Waals surface area (Å²) in [4.78, 5) is 27.3.